The lowest BCUT2D eigenvalue weighted by molar-refractivity contribution is -0.0529. The Morgan fingerprint density at radius 3 is 2.79 bits per heavy atom. The van der Waals surface area contributed by atoms with Crippen LogP contribution in [-0.2, 0) is 0 Å². The third-order valence-electron chi connectivity index (χ3n) is 5.14. The topological polar surface area (TPSA) is 55.6 Å². The second-order valence-electron chi connectivity index (χ2n) is 6.63. The van der Waals surface area contributed by atoms with Crippen molar-refractivity contribution in [3.8, 4) is 5.75 Å². The SMILES string of the molecule is O=C1N[C@@H]2C[C@H](c3c1ccc(F)c3OC(F)F)c1c2nn2cc(F)c(Cl)cc12. The molecule has 28 heavy (non-hydrogen) atoms. The van der Waals surface area contributed by atoms with Crippen LogP contribution < -0.4 is 10.1 Å². The van der Waals surface area contributed by atoms with E-state index in [4.69, 9.17) is 11.6 Å². The summed E-state index contributed by atoms with van der Waals surface area (Å²) in [6.45, 7) is -3.27. The van der Waals surface area contributed by atoms with Crippen LogP contribution in [0.1, 0.15) is 45.6 Å². The molecule has 1 aromatic carbocycles. The Morgan fingerprint density at radius 2 is 2.04 bits per heavy atom. The molecule has 1 aliphatic carbocycles. The summed E-state index contributed by atoms with van der Waals surface area (Å²) >= 11 is 5.90. The molecule has 1 aliphatic heterocycles. The molecule has 1 amide bonds. The molecule has 3 heterocycles. The average Bonchev–Trinajstić information content (AvgIpc) is 3.09. The van der Waals surface area contributed by atoms with Crippen molar-refractivity contribution in [2.75, 3.05) is 0 Å². The van der Waals surface area contributed by atoms with Crippen LogP contribution in [0.3, 0.4) is 0 Å². The van der Waals surface area contributed by atoms with Crippen molar-refractivity contribution in [3.63, 3.8) is 0 Å². The highest BCUT2D eigenvalue weighted by molar-refractivity contribution is 6.31. The molecule has 5 rings (SSSR count). The van der Waals surface area contributed by atoms with Gasteiger partial charge in [0.15, 0.2) is 17.4 Å². The zero-order chi connectivity index (χ0) is 19.7. The standard InChI is InChI=1S/C18H10ClF4N3O2/c19-8-4-12-14-7-3-11(15(14)25-26(12)5-10(8)21)24-17(27)6-1-2-9(20)16(13(6)7)28-18(22)23/h1-2,4-5,7,11,18H,3H2,(H,24,27)/t7-,11-/m1/s1. The number of hydrogen-bond donors (Lipinski definition) is 1. The smallest absolute Gasteiger partial charge is 0.387 e. The van der Waals surface area contributed by atoms with Gasteiger partial charge in [0.1, 0.15) is 0 Å². The van der Waals surface area contributed by atoms with Gasteiger partial charge in [0.25, 0.3) is 5.91 Å². The molecule has 10 heteroatoms. The minimum atomic E-state index is -3.27. The van der Waals surface area contributed by atoms with Crippen molar-refractivity contribution in [2.45, 2.75) is 25.0 Å². The number of hydrogen-bond acceptors (Lipinski definition) is 3. The summed E-state index contributed by atoms with van der Waals surface area (Å²) in [6, 6.07) is 2.98. The van der Waals surface area contributed by atoms with E-state index in [9.17, 15) is 22.4 Å². The van der Waals surface area contributed by atoms with Crippen molar-refractivity contribution in [3.05, 3.63) is 63.4 Å². The molecule has 0 saturated heterocycles. The number of fused-ring (bicyclic) bond motifs is 9. The lowest BCUT2D eigenvalue weighted by Gasteiger charge is -2.19. The van der Waals surface area contributed by atoms with Crippen LogP contribution in [0.5, 0.6) is 5.75 Å². The summed E-state index contributed by atoms with van der Waals surface area (Å²) in [5.74, 6) is -3.56. The van der Waals surface area contributed by atoms with Gasteiger partial charge in [-0.05, 0) is 24.6 Å². The van der Waals surface area contributed by atoms with Gasteiger partial charge in [0, 0.05) is 22.6 Å². The minimum Gasteiger partial charge on any atom is -0.431 e. The van der Waals surface area contributed by atoms with E-state index in [-0.39, 0.29) is 22.6 Å². The van der Waals surface area contributed by atoms with E-state index in [0.29, 0.717) is 16.8 Å². The van der Waals surface area contributed by atoms with E-state index in [1.165, 1.54) is 16.6 Å². The van der Waals surface area contributed by atoms with Crippen LogP contribution in [0, 0.1) is 11.6 Å². The Kier molecular flexibility index (Phi) is 3.61. The third-order valence-corrected chi connectivity index (χ3v) is 5.43. The first-order valence-electron chi connectivity index (χ1n) is 8.30. The normalized spacial score (nSPS) is 20.1. The second kappa shape index (κ2) is 5.84. The van der Waals surface area contributed by atoms with Gasteiger partial charge in [0.2, 0.25) is 0 Å². The zero-order valence-corrected chi connectivity index (χ0v) is 14.6. The predicted molar refractivity (Wildman–Crippen MR) is 89.9 cm³/mol. The fraction of sp³-hybridized carbons (Fsp3) is 0.222. The maximum atomic E-state index is 14.4. The number of nitrogens with zero attached hydrogens (tertiary/aromatic N) is 2. The maximum absolute atomic E-state index is 14.4. The zero-order valence-electron chi connectivity index (χ0n) is 13.8. The van der Waals surface area contributed by atoms with Crippen molar-refractivity contribution in [2.24, 2.45) is 0 Å². The van der Waals surface area contributed by atoms with Gasteiger partial charge >= 0.3 is 6.61 Å². The average molecular weight is 412 g/mol. The van der Waals surface area contributed by atoms with Gasteiger partial charge < -0.3 is 10.1 Å². The molecule has 0 radical (unpaired) electrons. The number of halogens is 5. The lowest BCUT2D eigenvalue weighted by Crippen LogP contribution is -2.27. The molecule has 5 nitrogen and oxygen atoms in total. The number of benzene rings is 1. The van der Waals surface area contributed by atoms with Crippen molar-refractivity contribution >= 4 is 23.0 Å². The monoisotopic (exact) mass is 411 g/mol. The van der Waals surface area contributed by atoms with Crippen LogP contribution in [0.4, 0.5) is 17.6 Å². The molecule has 2 aliphatic rings. The summed E-state index contributed by atoms with van der Waals surface area (Å²) in [5, 5.41) is 6.95. The number of aromatic nitrogens is 2. The van der Waals surface area contributed by atoms with Gasteiger partial charge in [0.05, 0.1) is 28.5 Å². The molecular formula is C18H10ClF4N3O2. The van der Waals surface area contributed by atoms with E-state index in [0.717, 1.165) is 12.3 Å². The Hall–Kier alpha value is -2.81. The molecule has 0 fully saturated rings. The number of carbonyl (C=O) groups excluding carboxylic acids is 1. The van der Waals surface area contributed by atoms with Gasteiger partial charge in [-0.25, -0.2) is 13.3 Å². The number of carbonyl (C=O) groups is 1. The van der Waals surface area contributed by atoms with E-state index in [1.807, 2.05) is 0 Å². The van der Waals surface area contributed by atoms with Crippen LogP contribution >= 0.6 is 11.6 Å². The van der Waals surface area contributed by atoms with Crippen LogP contribution in [0.25, 0.3) is 5.52 Å². The van der Waals surface area contributed by atoms with Crippen LogP contribution in [0.2, 0.25) is 5.02 Å². The number of amides is 1. The highest BCUT2D eigenvalue weighted by Gasteiger charge is 2.44. The second-order valence-corrected chi connectivity index (χ2v) is 7.04. The van der Waals surface area contributed by atoms with Crippen LogP contribution in [0.15, 0.2) is 24.4 Å². The Bertz CT molecular complexity index is 1160. The quantitative estimate of drug-likeness (QED) is 0.643. The fourth-order valence-electron chi connectivity index (χ4n) is 4.11. The van der Waals surface area contributed by atoms with Gasteiger partial charge in [-0.3, -0.25) is 4.79 Å². The number of nitrogens with one attached hydrogen (secondary N) is 1. The first kappa shape index (κ1) is 17.3. The van der Waals surface area contributed by atoms with E-state index in [2.05, 4.69) is 15.2 Å². The number of pyridine rings is 1. The van der Waals surface area contributed by atoms with Gasteiger partial charge in [-0.2, -0.15) is 13.9 Å². The highest BCUT2D eigenvalue weighted by atomic mass is 35.5. The van der Waals surface area contributed by atoms with E-state index >= 15 is 0 Å². The third kappa shape index (κ3) is 2.32. The van der Waals surface area contributed by atoms with Crippen molar-refractivity contribution in [1.29, 1.82) is 0 Å². The maximum Gasteiger partial charge on any atom is 0.387 e. The van der Waals surface area contributed by atoms with Crippen molar-refractivity contribution in [1.82, 2.24) is 14.9 Å². The molecule has 0 spiro atoms. The first-order chi connectivity index (χ1) is 13.3. The molecule has 144 valence electrons. The van der Waals surface area contributed by atoms with E-state index in [1.54, 1.807) is 0 Å². The molecular weight excluding hydrogens is 402 g/mol. The molecule has 0 unspecified atom stereocenters. The summed E-state index contributed by atoms with van der Waals surface area (Å²) in [4.78, 5) is 12.6. The highest BCUT2D eigenvalue weighted by Crippen LogP contribution is 2.51. The first-order valence-corrected chi connectivity index (χ1v) is 8.68. The number of alkyl halides is 2. The molecule has 3 aromatic rings. The lowest BCUT2D eigenvalue weighted by atomic mass is 9.88. The Morgan fingerprint density at radius 1 is 1.25 bits per heavy atom. The van der Waals surface area contributed by atoms with Crippen molar-refractivity contribution < 1.29 is 27.1 Å². The number of ether oxygens (including phenoxy) is 1. The Balaban J connectivity index is 1.82. The largest absolute Gasteiger partial charge is 0.431 e. The summed E-state index contributed by atoms with van der Waals surface area (Å²) in [6.07, 6.45) is 1.37. The minimum absolute atomic E-state index is 0.0226. The van der Waals surface area contributed by atoms with Crippen LogP contribution in [-0.4, -0.2) is 22.1 Å². The molecule has 2 bridgehead atoms. The number of rotatable bonds is 2. The molecule has 0 saturated carbocycles. The summed E-state index contributed by atoms with van der Waals surface area (Å²) in [7, 11) is 0. The molecule has 2 atom stereocenters. The summed E-state index contributed by atoms with van der Waals surface area (Å²) < 4.78 is 59.8. The van der Waals surface area contributed by atoms with E-state index < -0.39 is 41.9 Å². The van der Waals surface area contributed by atoms with Gasteiger partial charge in [-0.1, -0.05) is 11.6 Å². The fourth-order valence-corrected chi connectivity index (χ4v) is 4.26. The van der Waals surface area contributed by atoms with Gasteiger partial charge in [-0.15, -0.1) is 0 Å². The molecule has 2 aromatic heterocycles. The Labute approximate surface area is 159 Å². The molecule has 1 N–H and O–H groups in total. The summed E-state index contributed by atoms with van der Waals surface area (Å²) in [5.41, 5.74) is 1.54. The predicted octanol–water partition coefficient (Wildman–Crippen LogP) is 4.19.